The molecule has 0 aromatic heterocycles. The van der Waals surface area contributed by atoms with Crippen molar-refractivity contribution < 1.29 is 13.2 Å². The second-order valence-corrected chi connectivity index (χ2v) is 6.28. The van der Waals surface area contributed by atoms with E-state index in [0.717, 1.165) is 12.1 Å². The first-order valence-electron chi connectivity index (χ1n) is 6.57. The number of sulfonamides is 1. The van der Waals surface area contributed by atoms with Crippen LogP contribution in [-0.4, -0.2) is 34.7 Å². The summed E-state index contributed by atoms with van der Waals surface area (Å²) in [5, 5.41) is 3.36. The van der Waals surface area contributed by atoms with Gasteiger partial charge in [0.25, 0.3) is 0 Å². The van der Waals surface area contributed by atoms with E-state index in [1.54, 1.807) is 12.1 Å². The molecule has 7 heteroatoms. The summed E-state index contributed by atoms with van der Waals surface area (Å²) in [7, 11) is -3.61. The normalized spacial score (nSPS) is 11.8. The second kappa shape index (κ2) is 8.59. The van der Waals surface area contributed by atoms with Crippen LogP contribution in [0.4, 0.5) is 0 Å². The van der Waals surface area contributed by atoms with E-state index >= 15 is 0 Å². The molecule has 0 aliphatic carbocycles. The Morgan fingerprint density at radius 1 is 1.30 bits per heavy atom. The Kier molecular flexibility index (Phi) is 7.47. The third kappa shape index (κ3) is 5.38. The topological polar surface area (TPSA) is 67.4 Å². The van der Waals surface area contributed by atoms with Gasteiger partial charge in [0.1, 0.15) is 4.90 Å². The third-order valence-corrected chi connectivity index (χ3v) is 4.55. The Morgan fingerprint density at radius 3 is 2.70 bits per heavy atom. The number of ether oxygens (including phenoxy) is 1. The molecule has 0 unspecified atom stereocenters. The van der Waals surface area contributed by atoms with Crippen LogP contribution in [0.5, 0.6) is 0 Å². The highest BCUT2D eigenvalue weighted by atomic mass is 35.5. The van der Waals surface area contributed by atoms with Crippen LogP contribution in [0.1, 0.15) is 19.4 Å². The maximum Gasteiger partial charge on any atom is 0.242 e. The third-order valence-electron chi connectivity index (χ3n) is 2.61. The maximum absolute atomic E-state index is 12.2. The van der Waals surface area contributed by atoms with Gasteiger partial charge in [0.15, 0.2) is 0 Å². The largest absolute Gasteiger partial charge is 0.380 e. The van der Waals surface area contributed by atoms with Crippen molar-refractivity contribution in [3.05, 3.63) is 28.8 Å². The summed E-state index contributed by atoms with van der Waals surface area (Å²) in [6.45, 7) is 6.39. The molecule has 0 aliphatic heterocycles. The lowest BCUT2D eigenvalue weighted by Crippen LogP contribution is -2.28. The van der Waals surface area contributed by atoms with Gasteiger partial charge in [-0.3, -0.25) is 0 Å². The lowest BCUT2D eigenvalue weighted by molar-refractivity contribution is 0.153. The molecule has 2 N–H and O–H groups in total. The molecule has 0 saturated carbocycles. The van der Waals surface area contributed by atoms with Gasteiger partial charge >= 0.3 is 0 Å². The van der Waals surface area contributed by atoms with Gasteiger partial charge in [-0.15, -0.1) is 0 Å². The number of nitrogens with one attached hydrogen (secondary N) is 2. The average molecular weight is 321 g/mol. The SMILES string of the molecule is CCNCc1ccc(Cl)c(S(=O)(=O)NCCOCC)c1. The monoisotopic (exact) mass is 320 g/mol. The van der Waals surface area contributed by atoms with E-state index < -0.39 is 10.0 Å². The molecule has 0 amide bonds. The molecule has 1 aromatic carbocycles. The summed E-state index contributed by atoms with van der Waals surface area (Å²) in [5.74, 6) is 0. The highest BCUT2D eigenvalue weighted by Crippen LogP contribution is 2.22. The van der Waals surface area contributed by atoms with Gasteiger partial charge in [0.2, 0.25) is 10.0 Å². The highest BCUT2D eigenvalue weighted by molar-refractivity contribution is 7.89. The minimum atomic E-state index is -3.61. The molecule has 0 saturated heterocycles. The zero-order chi connectivity index (χ0) is 15.0. The predicted molar refractivity (Wildman–Crippen MR) is 80.5 cm³/mol. The molecule has 0 fully saturated rings. The zero-order valence-corrected chi connectivity index (χ0v) is 13.4. The number of rotatable bonds is 9. The standard InChI is InChI=1S/C13H21ClN2O3S/c1-3-15-10-11-5-6-12(14)13(9-11)20(17,18)16-7-8-19-4-2/h5-6,9,15-16H,3-4,7-8,10H2,1-2H3. The van der Waals surface area contributed by atoms with Gasteiger partial charge in [0, 0.05) is 19.7 Å². The maximum atomic E-state index is 12.2. The van der Waals surface area contributed by atoms with Crippen LogP contribution in [0, 0.1) is 0 Å². The van der Waals surface area contributed by atoms with E-state index in [1.165, 1.54) is 0 Å². The molecule has 0 spiro atoms. The fraction of sp³-hybridized carbons (Fsp3) is 0.538. The summed E-state index contributed by atoms with van der Waals surface area (Å²) in [4.78, 5) is 0.103. The van der Waals surface area contributed by atoms with E-state index in [-0.39, 0.29) is 16.5 Å². The average Bonchev–Trinajstić information content (AvgIpc) is 2.42. The van der Waals surface area contributed by atoms with Gasteiger partial charge in [-0.05, 0) is 31.2 Å². The molecular weight excluding hydrogens is 300 g/mol. The fourth-order valence-corrected chi connectivity index (χ4v) is 3.16. The first-order chi connectivity index (χ1) is 9.51. The Morgan fingerprint density at radius 2 is 2.05 bits per heavy atom. The molecule has 1 rings (SSSR count). The highest BCUT2D eigenvalue weighted by Gasteiger charge is 2.17. The van der Waals surface area contributed by atoms with Gasteiger partial charge < -0.3 is 10.1 Å². The molecule has 0 bridgehead atoms. The summed E-state index contributed by atoms with van der Waals surface area (Å²) in [6, 6.07) is 5.00. The van der Waals surface area contributed by atoms with Crippen molar-refractivity contribution in [3.63, 3.8) is 0 Å². The van der Waals surface area contributed by atoms with Crippen molar-refractivity contribution in [2.45, 2.75) is 25.3 Å². The van der Waals surface area contributed by atoms with Crippen molar-refractivity contribution in [1.82, 2.24) is 10.0 Å². The quantitative estimate of drug-likeness (QED) is 0.680. The van der Waals surface area contributed by atoms with E-state index in [9.17, 15) is 8.42 Å². The van der Waals surface area contributed by atoms with Crippen LogP contribution in [0.15, 0.2) is 23.1 Å². The van der Waals surface area contributed by atoms with Crippen molar-refractivity contribution in [3.8, 4) is 0 Å². The molecule has 20 heavy (non-hydrogen) atoms. The Balaban J connectivity index is 2.81. The first kappa shape index (κ1) is 17.4. The van der Waals surface area contributed by atoms with E-state index in [1.807, 2.05) is 19.9 Å². The number of hydrogen-bond donors (Lipinski definition) is 2. The van der Waals surface area contributed by atoms with Crippen LogP contribution >= 0.6 is 11.6 Å². The van der Waals surface area contributed by atoms with Crippen LogP contribution < -0.4 is 10.0 Å². The molecule has 0 aliphatic rings. The lowest BCUT2D eigenvalue weighted by Gasteiger charge is -2.10. The zero-order valence-electron chi connectivity index (χ0n) is 11.8. The van der Waals surface area contributed by atoms with E-state index in [0.29, 0.717) is 19.8 Å². The summed E-state index contributed by atoms with van der Waals surface area (Å²) < 4.78 is 31.9. The van der Waals surface area contributed by atoms with E-state index in [4.69, 9.17) is 16.3 Å². The van der Waals surface area contributed by atoms with E-state index in [2.05, 4.69) is 10.0 Å². The Hall–Kier alpha value is -0.660. The van der Waals surface area contributed by atoms with Gasteiger partial charge in [-0.25, -0.2) is 13.1 Å². The lowest BCUT2D eigenvalue weighted by atomic mass is 10.2. The van der Waals surface area contributed by atoms with Crippen LogP contribution in [-0.2, 0) is 21.3 Å². The Labute approximate surface area is 125 Å². The van der Waals surface area contributed by atoms with Crippen LogP contribution in [0.25, 0.3) is 0 Å². The molecule has 114 valence electrons. The second-order valence-electron chi connectivity index (χ2n) is 4.14. The van der Waals surface area contributed by atoms with Crippen molar-refractivity contribution in [2.24, 2.45) is 0 Å². The predicted octanol–water partition coefficient (Wildman–Crippen LogP) is 1.76. The van der Waals surface area contributed by atoms with Crippen molar-refractivity contribution in [1.29, 1.82) is 0 Å². The summed E-state index contributed by atoms with van der Waals surface area (Å²) in [6.07, 6.45) is 0. The molecular formula is C13H21ClN2O3S. The molecule has 5 nitrogen and oxygen atoms in total. The van der Waals surface area contributed by atoms with Crippen LogP contribution in [0.3, 0.4) is 0 Å². The molecule has 0 heterocycles. The molecule has 0 atom stereocenters. The molecule has 0 radical (unpaired) electrons. The number of benzene rings is 1. The van der Waals surface area contributed by atoms with Gasteiger partial charge in [0.05, 0.1) is 11.6 Å². The first-order valence-corrected chi connectivity index (χ1v) is 8.44. The fourth-order valence-electron chi connectivity index (χ4n) is 1.60. The number of hydrogen-bond acceptors (Lipinski definition) is 4. The Bertz CT molecular complexity index is 520. The minimum absolute atomic E-state index is 0.103. The van der Waals surface area contributed by atoms with Crippen molar-refractivity contribution in [2.75, 3.05) is 26.3 Å². The van der Waals surface area contributed by atoms with Crippen molar-refractivity contribution >= 4 is 21.6 Å². The van der Waals surface area contributed by atoms with Crippen LogP contribution in [0.2, 0.25) is 5.02 Å². The van der Waals surface area contributed by atoms with Gasteiger partial charge in [-0.2, -0.15) is 0 Å². The van der Waals surface area contributed by atoms with Gasteiger partial charge in [-0.1, -0.05) is 24.6 Å². The number of halogens is 1. The summed E-state index contributed by atoms with van der Waals surface area (Å²) >= 11 is 5.98. The smallest absolute Gasteiger partial charge is 0.242 e. The minimum Gasteiger partial charge on any atom is -0.380 e. The molecule has 1 aromatic rings. The summed E-state index contributed by atoms with van der Waals surface area (Å²) in [5.41, 5.74) is 0.876.